The molecule has 0 heterocycles. The predicted molar refractivity (Wildman–Crippen MR) is 34.1 cm³/mol. The molecule has 0 unspecified atom stereocenters. The van der Waals surface area contributed by atoms with E-state index in [-0.39, 0.29) is 5.96 Å². The van der Waals surface area contributed by atoms with Gasteiger partial charge in [-0.1, -0.05) is 0 Å². The number of rotatable bonds is 0. The third kappa shape index (κ3) is 3.33. The normalized spacial score (nSPS) is 8.22. The van der Waals surface area contributed by atoms with Gasteiger partial charge in [0.1, 0.15) is 0 Å². The van der Waals surface area contributed by atoms with E-state index >= 15 is 0 Å². The molecule has 0 saturated carbocycles. The fourth-order valence-corrected chi connectivity index (χ4v) is 0.228. The molecule has 0 rings (SSSR count). The number of hydrogen-bond acceptors (Lipinski definition) is 2. The van der Waals surface area contributed by atoms with Crippen LogP contribution in [-0.2, 0) is 0 Å². The van der Waals surface area contributed by atoms with Crippen LogP contribution in [-0.4, -0.2) is 31.0 Å². The first-order valence-corrected chi connectivity index (χ1v) is 2.36. The predicted octanol–water partition coefficient (Wildman–Crippen LogP) is -0.849. The lowest BCUT2D eigenvalue weighted by Crippen LogP contribution is -2.42. The van der Waals surface area contributed by atoms with Crippen LogP contribution in [0.15, 0.2) is 0 Å². The zero-order valence-corrected chi connectivity index (χ0v) is 5.43. The summed E-state index contributed by atoms with van der Waals surface area (Å²) in [6, 6.07) is -0.714. The van der Waals surface area contributed by atoms with Gasteiger partial charge < -0.3 is 10.6 Å². The van der Waals surface area contributed by atoms with Crippen LogP contribution in [0.1, 0.15) is 0 Å². The van der Waals surface area contributed by atoms with Gasteiger partial charge in [-0.05, 0) is 0 Å². The molecule has 2 amide bonds. The van der Waals surface area contributed by atoms with E-state index in [1.54, 1.807) is 14.1 Å². The van der Waals surface area contributed by atoms with E-state index in [0.717, 1.165) is 0 Å². The van der Waals surface area contributed by atoms with Crippen LogP contribution in [0.25, 0.3) is 0 Å². The van der Waals surface area contributed by atoms with E-state index in [1.165, 1.54) is 4.90 Å². The van der Waals surface area contributed by atoms with Crippen LogP contribution >= 0.6 is 0 Å². The van der Waals surface area contributed by atoms with Gasteiger partial charge in [-0.2, -0.15) is 0 Å². The molecule has 0 aliphatic carbocycles. The maximum Gasteiger partial charge on any atom is 0.318 e. The second kappa shape index (κ2) is 2.91. The molecule has 0 aliphatic heterocycles. The average Bonchev–Trinajstić information content (AvgIpc) is 1.63. The van der Waals surface area contributed by atoms with Gasteiger partial charge in [0.25, 0.3) is 0 Å². The van der Waals surface area contributed by atoms with Gasteiger partial charge in [-0.15, -0.1) is 0 Å². The van der Waals surface area contributed by atoms with E-state index in [9.17, 15) is 4.79 Å². The number of primary amides is 1. The molecular weight excluding hydrogens is 120 g/mol. The molecule has 0 radical (unpaired) electrons. The summed E-state index contributed by atoms with van der Waals surface area (Å²) in [7, 11) is 3.27. The second-order valence-corrected chi connectivity index (χ2v) is 1.73. The summed E-state index contributed by atoms with van der Waals surface area (Å²) < 4.78 is 0. The lowest BCUT2D eigenvalue weighted by Gasteiger charge is -2.11. The molecule has 0 saturated heterocycles. The Labute approximate surface area is 53.3 Å². The summed E-state index contributed by atoms with van der Waals surface area (Å²) in [5, 5.41) is 9.08. The largest absolute Gasteiger partial charge is 0.351 e. The molecule has 0 bridgehead atoms. The first-order valence-electron chi connectivity index (χ1n) is 2.36. The van der Waals surface area contributed by atoms with E-state index in [1.807, 2.05) is 0 Å². The molecule has 5 nitrogen and oxygen atoms in total. The SMILES string of the molecule is CN(C)C(=N)NC(N)=O. The topological polar surface area (TPSA) is 82.2 Å². The van der Waals surface area contributed by atoms with E-state index in [4.69, 9.17) is 11.1 Å². The standard InChI is InChI=1S/C4H10N4O/c1-8(2)3(5)7-4(6)9/h1-2H3,(H4,5,6,7,9). The monoisotopic (exact) mass is 130 g/mol. The molecule has 0 aromatic rings. The van der Waals surface area contributed by atoms with Crippen molar-refractivity contribution in [3.8, 4) is 0 Å². The summed E-state index contributed by atoms with van der Waals surface area (Å²) in [6.45, 7) is 0. The molecule has 9 heavy (non-hydrogen) atoms. The zero-order valence-electron chi connectivity index (χ0n) is 5.43. The third-order valence-electron chi connectivity index (χ3n) is 0.689. The molecule has 52 valence electrons. The van der Waals surface area contributed by atoms with Crippen LogP contribution in [0.4, 0.5) is 4.79 Å². The quantitative estimate of drug-likeness (QED) is 0.295. The highest BCUT2D eigenvalue weighted by molar-refractivity contribution is 5.93. The number of nitrogens with one attached hydrogen (secondary N) is 2. The van der Waals surface area contributed by atoms with Crippen molar-refractivity contribution in [3.63, 3.8) is 0 Å². The van der Waals surface area contributed by atoms with E-state index < -0.39 is 6.03 Å². The van der Waals surface area contributed by atoms with Gasteiger partial charge in [0.05, 0.1) is 0 Å². The van der Waals surface area contributed by atoms with Crippen LogP contribution in [0.2, 0.25) is 0 Å². The minimum atomic E-state index is -0.714. The van der Waals surface area contributed by atoms with Crippen molar-refractivity contribution in [2.24, 2.45) is 5.73 Å². The molecule has 0 fully saturated rings. The number of guanidine groups is 1. The lowest BCUT2D eigenvalue weighted by molar-refractivity contribution is 0.252. The minimum Gasteiger partial charge on any atom is -0.351 e. The van der Waals surface area contributed by atoms with Crippen molar-refractivity contribution in [1.82, 2.24) is 10.2 Å². The van der Waals surface area contributed by atoms with Gasteiger partial charge in [0, 0.05) is 14.1 Å². The van der Waals surface area contributed by atoms with Crippen molar-refractivity contribution >= 4 is 12.0 Å². The number of carbonyl (C=O) groups is 1. The Morgan fingerprint density at radius 2 is 2.11 bits per heavy atom. The number of nitrogens with zero attached hydrogens (tertiary/aromatic N) is 1. The highest BCUT2D eigenvalue weighted by atomic mass is 16.2. The fourth-order valence-electron chi connectivity index (χ4n) is 0.228. The molecule has 0 spiro atoms. The van der Waals surface area contributed by atoms with Crippen LogP contribution < -0.4 is 11.1 Å². The molecule has 0 aromatic carbocycles. The van der Waals surface area contributed by atoms with Crippen molar-refractivity contribution in [2.75, 3.05) is 14.1 Å². The van der Waals surface area contributed by atoms with Crippen LogP contribution in [0.3, 0.4) is 0 Å². The zero-order chi connectivity index (χ0) is 7.44. The van der Waals surface area contributed by atoms with Gasteiger partial charge in [0.2, 0.25) is 0 Å². The third-order valence-corrected chi connectivity index (χ3v) is 0.689. The Balaban J connectivity index is 3.64. The summed E-state index contributed by atoms with van der Waals surface area (Å²) in [5.74, 6) is -0.0116. The van der Waals surface area contributed by atoms with Crippen molar-refractivity contribution in [1.29, 1.82) is 5.41 Å². The minimum absolute atomic E-state index is 0.0116. The first-order chi connectivity index (χ1) is 4.04. The summed E-state index contributed by atoms with van der Waals surface area (Å²) in [5.41, 5.74) is 4.71. The summed E-state index contributed by atoms with van der Waals surface area (Å²) >= 11 is 0. The summed E-state index contributed by atoms with van der Waals surface area (Å²) in [4.78, 5) is 11.5. The first kappa shape index (κ1) is 7.74. The highest BCUT2D eigenvalue weighted by Gasteiger charge is 1.98. The Bertz CT molecular complexity index is 131. The van der Waals surface area contributed by atoms with Gasteiger partial charge >= 0.3 is 6.03 Å². The molecule has 0 atom stereocenters. The summed E-state index contributed by atoms with van der Waals surface area (Å²) in [6.07, 6.45) is 0. The molecule has 4 N–H and O–H groups in total. The Kier molecular flexibility index (Phi) is 2.50. The van der Waals surface area contributed by atoms with E-state index in [2.05, 4.69) is 5.32 Å². The Hall–Kier alpha value is -1.26. The van der Waals surface area contributed by atoms with Crippen molar-refractivity contribution < 1.29 is 4.79 Å². The smallest absolute Gasteiger partial charge is 0.318 e. The number of nitrogens with two attached hydrogens (primary N) is 1. The highest BCUT2D eigenvalue weighted by Crippen LogP contribution is 1.70. The Morgan fingerprint density at radius 3 is 2.22 bits per heavy atom. The average molecular weight is 130 g/mol. The number of amides is 2. The molecule has 0 aromatic heterocycles. The number of hydrogen-bond donors (Lipinski definition) is 3. The lowest BCUT2D eigenvalue weighted by atomic mass is 10.8. The maximum absolute atomic E-state index is 10.1. The number of urea groups is 1. The molecule has 5 heteroatoms. The number of carbonyl (C=O) groups excluding carboxylic acids is 1. The van der Waals surface area contributed by atoms with Crippen molar-refractivity contribution in [2.45, 2.75) is 0 Å². The molecule has 0 aliphatic rings. The van der Waals surface area contributed by atoms with Gasteiger partial charge in [0.15, 0.2) is 5.96 Å². The van der Waals surface area contributed by atoms with Gasteiger partial charge in [-0.3, -0.25) is 10.7 Å². The molecular formula is C4H10N4O. The maximum atomic E-state index is 10.1. The fraction of sp³-hybridized carbons (Fsp3) is 0.500. The van der Waals surface area contributed by atoms with Crippen LogP contribution in [0, 0.1) is 5.41 Å². The Morgan fingerprint density at radius 1 is 1.67 bits per heavy atom. The van der Waals surface area contributed by atoms with Gasteiger partial charge in [-0.25, -0.2) is 4.79 Å². The van der Waals surface area contributed by atoms with E-state index in [0.29, 0.717) is 0 Å². The second-order valence-electron chi connectivity index (χ2n) is 1.73. The van der Waals surface area contributed by atoms with Crippen molar-refractivity contribution in [3.05, 3.63) is 0 Å². The van der Waals surface area contributed by atoms with Crippen LogP contribution in [0.5, 0.6) is 0 Å².